The van der Waals surface area contributed by atoms with Crippen molar-refractivity contribution in [2.75, 3.05) is 6.54 Å². The molecule has 1 unspecified atom stereocenters. The molecule has 1 aromatic rings. The van der Waals surface area contributed by atoms with E-state index in [1.165, 1.54) is 0 Å². The molecule has 0 aromatic heterocycles. The fraction of sp³-hybridized carbons (Fsp3) is 0.462. The molecule has 0 aliphatic carbocycles. The molecule has 1 atom stereocenters. The minimum absolute atomic E-state index is 0.415. The fourth-order valence-electron chi connectivity index (χ4n) is 1.62. The fourth-order valence-corrected chi connectivity index (χ4v) is 2.48. The van der Waals surface area contributed by atoms with Gasteiger partial charge in [-0.1, -0.05) is 47.4 Å². The van der Waals surface area contributed by atoms with Gasteiger partial charge in [-0.15, -0.1) is 0 Å². The predicted octanol–water partition coefficient (Wildman–Crippen LogP) is 3.05. The van der Waals surface area contributed by atoms with Crippen molar-refractivity contribution in [2.24, 2.45) is 11.7 Å². The van der Waals surface area contributed by atoms with Crippen LogP contribution in [0.5, 0.6) is 0 Å². The molecule has 1 aromatic carbocycles. The highest BCUT2D eigenvalue weighted by molar-refractivity contribution is 9.10. The third kappa shape index (κ3) is 3.46. The summed E-state index contributed by atoms with van der Waals surface area (Å²) in [7, 11) is 0. The standard InChI is InChI=1S/C13H18BrClN2O/c1-8(2)7-17-13(3,12(16)18)10-5-4-9(14)6-11(10)15/h4-6,8,17H,7H2,1-3H3,(H2,16,18). The summed E-state index contributed by atoms with van der Waals surface area (Å²) in [6.07, 6.45) is 0. The minimum Gasteiger partial charge on any atom is -0.368 e. The average Bonchev–Trinajstić information content (AvgIpc) is 2.25. The van der Waals surface area contributed by atoms with E-state index in [1.54, 1.807) is 13.0 Å². The van der Waals surface area contributed by atoms with Gasteiger partial charge in [0.05, 0.1) is 0 Å². The molecule has 0 aliphatic heterocycles. The lowest BCUT2D eigenvalue weighted by Crippen LogP contribution is -2.51. The monoisotopic (exact) mass is 332 g/mol. The summed E-state index contributed by atoms with van der Waals surface area (Å²) in [6.45, 7) is 6.58. The maximum absolute atomic E-state index is 11.8. The normalized spacial score (nSPS) is 14.6. The van der Waals surface area contributed by atoms with Gasteiger partial charge in [0, 0.05) is 9.50 Å². The summed E-state index contributed by atoms with van der Waals surface area (Å²) in [5.74, 6) is -0.0229. The lowest BCUT2D eigenvalue weighted by molar-refractivity contribution is -0.124. The van der Waals surface area contributed by atoms with E-state index in [1.807, 2.05) is 12.1 Å². The number of carbonyl (C=O) groups is 1. The van der Waals surface area contributed by atoms with Gasteiger partial charge >= 0.3 is 0 Å². The molecular formula is C13H18BrClN2O. The summed E-state index contributed by atoms with van der Waals surface area (Å²) < 4.78 is 0.868. The molecular weight excluding hydrogens is 316 g/mol. The van der Waals surface area contributed by atoms with Gasteiger partial charge in [-0.2, -0.15) is 0 Å². The smallest absolute Gasteiger partial charge is 0.242 e. The number of nitrogens with two attached hydrogens (primary N) is 1. The van der Waals surface area contributed by atoms with Gasteiger partial charge < -0.3 is 5.73 Å². The van der Waals surface area contributed by atoms with Crippen LogP contribution in [0.15, 0.2) is 22.7 Å². The summed E-state index contributed by atoms with van der Waals surface area (Å²) in [5.41, 5.74) is 5.26. The van der Waals surface area contributed by atoms with Gasteiger partial charge in [-0.3, -0.25) is 10.1 Å². The van der Waals surface area contributed by atoms with Crippen LogP contribution in [0.3, 0.4) is 0 Å². The molecule has 1 rings (SSSR count). The van der Waals surface area contributed by atoms with Crippen molar-refractivity contribution in [1.82, 2.24) is 5.32 Å². The Labute approximate surface area is 121 Å². The van der Waals surface area contributed by atoms with Crippen LogP contribution in [0.1, 0.15) is 26.3 Å². The maximum atomic E-state index is 11.8. The van der Waals surface area contributed by atoms with Crippen molar-refractivity contribution >= 4 is 33.4 Å². The minimum atomic E-state index is -0.956. The van der Waals surface area contributed by atoms with Gasteiger partial charge in [-0.25, -0.2) is 0 Å². The van der Waals surface area contributed by atoms with Crippen molar-refractivity contribution in [3.63, 3.8) is 0 Å². The summed E-state index contributed by atoms with van der Waals surface area (Å²) in [6, 6.07) is 5.42. The van der Waals surface area contributed by atoms with Gasteiger partial charge in [0.1, 0.15) is 5.54 Å². The maximum Gasteiger partial charge on any atom is 0.242 e. The van der Waals surface area contributed by atoms with Crippen LogP contribution < -0.4 is 11.1 Å². The number of rotatable bonds is 5. The van der Waals surface area contributed by atoms with Crippen LogP contribution in [-0.4, -0.2) is 12.5 Å². The Kier molecular flexibility index (Phi) is 5.20. The first kappa shape index (κ1) is 15.5. The zero-order valence-electron chi connectivity index (χ0n) is 10.8. The number of halogens is 2. The van der Waals surface area contributed by atoms with Gasteiger partial charge in [0.25, 0.3) is 0 Å². The van der Waals surface area contributed by atoms with Gasteiger partial charge in [0.2, 0.25) is 5.91 Å². The van der Waals surface area contributed by atoms with Crippen LogP contribution in [0, 0.1) is 5.92 Å². The third-order valence-corrected chi connectivity index (χ3v) is 3.63. The number of hydrogen-bond donors (Lipinski definition) is 2. The number of amides is 1. The molecule has 18 heavy (non-hydrogen) atoms. The van der Waals surface area contributed by atoms with E-state index in [0.717, 1.165) is 4.47 Å². The topological polar surface area (TPSA) is 55.1 Å². The molecule has 0 spiro atoms. The van der Waals surface area contributed by atoms with Crippen molar-refractivity contribution in [3.05, 3.63) is 33.3 Å². The average molecular weight is 334 g/mol. The van der Waals surface area contributed by atoms with Crippen molar-refractivity contribution < 1.29 is 4.79 Å². The number of benzene rings is 1. The first-order valence-electron chi connectivity index (χ1n) is 5.78. The third-order valence-electron chi connectivity index (χ3n) is 2.83. The molecule has 3 N–H and O–H groups in total. The van der Waals surface area contributed by atoms with E-state index in [0.29, 0.717) is 23.0 Å². The Balaban J connectivity index is 3.14. The van der Waals surface area contributed by atoms with Crippen LogP contribution in [0.2, 0.25) is 5.02 Å². The Morgan fingerprint density at radius 1 is 1.56 bits per heavy atom. The highest BCUT2D eigenvalue weighted by atomic mass is 79.9. The molecule has 0 saturated heterocycles. The van der Waals surface area contributed by atoms with Crippen molar-refractivity contribution in [2.45, 2.75) is 26.3 Å². The molecule has 0 heterocycles. The molecule has 0 saturated carbocycles. The number of nitrogens with one attached hydrogen (secondary N) is 1. The van der Waals surface area contributed by atoms with E-state index in [2.05, 4.69) is 35.1 Å². The second-order valence-corrected chi connectivity index (χ2v) is 6.21. The van der Waals surface area contributed by atoms with Crippen molar-refractivity contribution in [3.8, 4) is 0 Å². The second-order valence-electron chi connectivity index (χ2n) is 4.89. The van der Waals surface area contributed by atoms with Crippen LogP contribution in [0.25, 0.3) is 0 Å². The second kappa shape index (κ2) is 6.04. The molecule has 3 nitrogen and oxygen atoms in total. The lowest BCUT2D eigenvalue weighted by Gasteiger charge is -2.30. The van der Waals surface area contributed by atoms with E-state index in [-0.39, 0.29) is 0 Å². The van der Waals surface area contributed by atoms with E-state index >= 15 is 0 Å². The Hall–Kier alpha value is -0.580. The predicted molar refractivity (Wildman–Crippen MR) is 78.5 cm³/mol. The SMILES string of the molecule is CC(C)CNC(C)(C(N)=O)c1ccc(Br)cc1Cl. The Morgan fingerprint density at radius 3 is 2.61 bits per heavy atom. The molecule has 5 heteroatoms. The zero-order chi connectivity index (χ0) is 13.9. The van der Waals surface area contributed by atoms with Crippen LogP contribution >= 0.6 is 27.5 Å². The van der Waals surface area contributed by atoms with E-state index < -0.39 is 11.4 Å². The van der Waals surface area contributed by atoms with Crippen LogP contribution in [-0.2, 0) is 10.3 Å². The highest BCUT2D eigenvalue weighted by Gasteiger charge is 2.34. The number of carbonyl (C=O) groups excluding carboxylic acids is 1. The van der Waals surface area contributed by atoms with Gasteiger partial charge in [0.15, 0.2) is 0 Å². The summed E-state index contributed by atoms with van der Waals surface area (Å²) >= 11 is 9.54. The Bertz CT molecular complexity index is 451. The highest BCUT2D eigenvalue weighted by Crippen LogP contribution is 2.30. The lowest BCUT2D eigenvalue weighted by atomic mass is 9.90. The van der Waals surface area contributed by atoms with Gasteiger partial charge in [-0.05, 0) is 37.1 Å². The van der Waals surface area contributed by atoms with Crippen molar-refractivity contribution in [1.29, 1.82) is 0 Å². The van der Waals surface area contributed by atoms with E-state index in [9.17, 15) is 4.79 Å². The summed E-state index contributed by atoms with van der Waals surface area (Å²) in [4.78, 5) is 11.8. The number of primary amides is 1. The largest absolute Gasteiger partial charge is 0.368 e. The molecule has 100 valence electrons. The van der Waals surface area contributed by atoms with E-state index in [4.69, 9.17) is 17.3 Å². The molecule has 0 bridgehead atoms. The first-order chi connectivity index (χ1) is 8.27. The summed E-state index contributed by atoms with van der Waals surface area (Å²) in [5, 5.41) is 3.71. The quantitative estimate of drug-likeness (QED) is 0.870. The molecule has 0 fully saturated rings. The molecule has 1 amide bonds. The molecule has 0 aliphatic rings. The van der Waals surface area contributed by atoms with Crippen LogP contribution in [0.4, 0.5) is 0 Å². The molecule has 0 radical (unpaired) electrons. The number of hydrogen-bond acceptors (Lipinski definition) is 2. The zero-order valence-corrected chi connectivity index (χ0v) is 13.1. The Morgan fingerprint density at radius 2 is 2.17 bits per heavy atom. The first-order valence-corrected chi connectivity index (χ1v) is 6.95.